The number of esters is 2. The average molecular weight is 583 g/mol. The molecule has 1 fully saturated rings. The van der Waals surface area contributed by atoms with Crippen molar-refractivity contribution >= 4 is 23.5 Å². The second kappa shape index (κ2) is 13.9. The molecule has 11 atom stereocenters. The van der Waals surface area contributed by atoms with Gasteiger partial charge in [0.2, 0.25) is 0 Å². The van der Waals surface area contributed by atoms with Crippen LogP contribution < -0.4 is 0 Å². The minimum Gasteiger partial charge on any atom is -0.458 e. The van der Waals surface area contributed by atoms with Crippen molar-refractivity contribution in [3.63, 3.8) is 0 Å². The Morgan fingerprint density at radius 3 is 2.27 bits per heavy atom. The lowest BCUT2D eigenvalue weighted by Gasteiger charge is -2.46. The molecule has 234 valence electrons. The molecule has 2 heterocycles. The molecule has 41 heavy (non-hydrogen) atoms. The molecule has 0 amide bonds. The van der Waals surface area contributed by atoms with Gasteiger partial charge < -0.3 is 28.8 Å². The van der Waals surface area contributed by atoms with E-state index in [1.165, 1.54) is 34.0 Å². The zero-order valence-electron chi connectivity index (χ0n) is 26.5. The molecule has 10 nitrogen and oxygen atoms in total. The summed E-state index contributed by atoms with van der Waals surface area (Å²) in [5.41, 5.74) is -2.52. The topological polar surface area (TPSA) is 135 Å². The largest absolute Gasteiger partial charge is 0.458 e. The maximum atomic E-state index is 13.8. The molecule has 0 saturated carbocycles. The summed E-state index contributed by atoms with van der Waals surface area (Å²) in [5, 5.41) is 11.2. The third-order valence-electron chi connectivity index (χ3n) is 8.57. The second-order valence-corrected chi connectivity index (χ2v) is 12.4. The molecule has 10 heteroatoms. The van der Waals surface area contributed by atoms with Crippen LogP contribution in [0.5, 0.6) is 0 Å². The van der Waals surface area contributed by atoms with Crippen molar-refractivity contribution in [1.82, 2.24) is 0 Å². The molecule has 0 spiro atoms. The lowest BCUT2D eigenvalue weighted by Crippen LogP contribution is -2.57. The Labute approximate surface area is 244 Å². The molecule has 0 aromatic carbocycles. The Morgan fingerprint density at radius 2 is 1.73 bits per heavy atom. The van der Waals surface area contributed by atoms with Gasteiger partial charge in [0.15, 0.2) is 24.0 Å². The zero-order chi connectivity index (χ0) is 31.4. The molecule has 0 aromatic rings. The predicted octanol–water partition coefficient (Wildman–Crippen LogP) is 3.95. The maximum Gasteiger partial charge on any atom is 0.316 e. The highest BCUT2D eigenvalue weighted by molar-refractivity contribution is 6.00. The van der Waals surface area contributed by atoms with Gasteiger partial charge in [0.05, 0.1) is 17.8 Å². The van der Waals surface area contributed by atoms with E-state index in [1.807, 2.05) is 13.8 Å². The minimum absolute atomic E-state index is 0.0908. The minimum atomic E-state index is -1.63. The van der Waals surface area contributed by atoms with E-state index in [0.29, 0.717) is 12.0 Å². The summed E-state index contributed by atoms with van der Waals surface area (Å²) < 4.78 is 29.9. The summed E-state index contributed by atoms with van der Waals surface area (Å²) in [4.78, 5) is 52.4. The summed E-state index contributed by atoms with van der Waals surface area (Å²) in [7, 11) is 1.47. The Morgan fingerprint density at radius 1 is 1.12 bits per heavy atom. The van der Waals surface area contributed by atoms with Crippen molar-refractivity contribution < 1.29 is 48.0 Å². The van der Waals surface area contributed by atoms with Crippen LogP contribution >= 0.6 is 0 Å². The number of carbonyl (C=O) groups is 4. The van der Waals surface area contributed by atoms with Gasteiger partial charge in [-0.05, 0) is 65.5 Å². The first kappa shape index (κ1) is 35.1. The molecular weight excluding hydrogens is 532 g/mol. The van der Waals surface area contributed by atoms with Crippen LogP contribution in [0.25, 0.3) is 0 Å². The Kier molecular flexibility index (Phi) is 11.9. The van der Waals surface area contributed by atoms with Crippen molar-refractivity contribution in [3.05, 3.63) is 11.6 Å². The summed E-state index contributed by atoms with van der Waals surface area (Å²) in [6.45, 7) is 16.6. The average Bonchev–Trinajstić information content (AvgIpc) is 2.88. The number of ether oxygens (including phenoxy) is 5. The van der Waals surface area contributed by atoms with Gasteiger partial charge in [0.25, 0.3) is 0 Å². The van der Waals surface area contributed by atoms with Gasteiger partial charge in [-0.25, -0.2) is 0 Å². The molecule has 0 radical (unpaired) electrons. The quantitative estimate of drug-likeness (QED) is 0.375. The normalized spacial score (nSPS) is 41.7. The lowest BCUT2D eigenvalue weighted by atomic mass is 9.77. The molecule has 1 N–H and O–H groups in total. The smallest absolute Gasteiger partial charge is 0.316 e. The van der Waals surface area contributed by atoms with Crippen molar-refractivity contribution in [2.45, 2.75) is 130 Å². The number of hydrogen-bond acceptors (Lipinski definition) is 10. The number of methoxy groups -OCH3 is 1. The van der Waals surface area contributed by atoms with Crippen molar-refractivity contribution in [3.8, 4) is 0 Å². The molecular formula is C31H50O10. The molecule has 0 bridgehead atoms. The highest BCUT2D eigenvalue weighted by Crippen LogP contribution is 2.38. The molecule has 0 aromatic heterocycles. The number of aliphatic hydroxyl groups is 1. The first-order valence-corrected chi connectivity index (χ1v) is 14.6. The monoisotopic (exact) mass is 582 g/mol. The van der Waals surface area contributed by atoms with Crippen molar-refractivity contribution in [1.29, 1.82) is 0 Å². The van der Waals surface area contributed by atoms with E-state index in [1.54, 1.807) is 34.6 Å². The van der Waals surface area contributed by atoms with E-state index in [0.717, 1.165) is 0 Å². The van der Waals surface area contributed by atoms with Crippen molar-refractivity contribution in [2.24, 2.45) is 23.7 Å². The third kappa shape index (κ3) is 8.24. The summed E-state index contributed by atoms with van der Waals surface area (Å²) in [5.74, 6) is -4.73. The van der Waals surface area contributed by atoms with Crippen LogP contribution in [-0.2, 0) is 42.9 Å². The first-order valence-electron chi connectivity index (χ1n) is 14.6. The SMILES string of the molecule is CC[C@H]1OC(=O)[C@H](C)C(=O)[C@H](C)[C@@H](OC2O[C@H](C)C[C@H](C)[C@H]2OC(C)=O)[C@](C)(OC)C[C@@H](C)C(=O)C(C)=C[C@]1(C)O. The second-order valence-electron chi connectivity index (χ2n) is 12.4. The van der Waals surface area contributed by atoms with Crippen LogP contribution in [0, 0.1) is 23.7 Å². The molecule has 0 aliphatic carbocycles. The number of Topliss-reactive ketones (excluding diaryl/α,β-unsaturated/α-hetero) is 2. The number of carbonyl (C=O) groups excluding carboxylic acids is 4. The summed E-state index contributed by atoms with van der Waals surface area (Å²) in [6.07, 6.45) is -1.45. The Balaban J connectivity index is 2.65. The van der Waals surface area contributed by atoms with Gasteiger partial charge in [0, 0.05) is 31.8 Å². The fraction of sp³-hybridized carbons (Fsp3) is 0.806. The molecule has 2 aliphatic rings. The van der Waals surface area contributed by atoms with Crippen LogP contribution in [-0.4, -0.2) is 77.6 Å². The molecule has 2 aliphatic heterocycles. The summed E-state index contributed by atoms with van der Waals surface area (Å²) >= 11 is 0. The number of ketones is 2. The lowest BCUT2D eigenvalue weighted by molar-refractivity contribution is -0.297. The third-order valence-corrected chi connectivity index (χ3v) is 8.57. The molecule has 1 unspecified atom stereocenters. The number of allylic oxidation sites excluding steroid dienone is 1. The first-order chi connectivity index (χ1) is 18.9. The van der Waals surface area contributed by atoms with E-state index < -0.39 is 71.3 Å². The highest BCUT2D eigenvalue weighted by Gasteiger charge is 2.50. The Hall–Kier alpha value is -2.14. The number of rotatable bonds is 5. The van der Waals surface area contributed by atoms with E-state index in [2.05, 4.69) is 0 Å². The standard InChI is InChI=1S/C31H50O10/c1-12-23-30(9,36)14-17(3)24(33)18(4)15-31(10,37-11)27(20(6)25(34)21(7)28(35)40-23)41-29-26(39-22(8)32)16(2)13-19(5)38-29/h14,16,18-21,23,26-27,29,36H,12-13,15H2,1-11H3/t16-,18+,19+,20-,21+,23+,26+,27+,29?,30-,31+/m0/s1. The van der Waals surface area contributed by atoms with E-state index in [-0.39, 0.29) is 30.6 Å². The van der Waals surface area contributed by atoms with Crippen molar-refractivity contribution in [2.75, 3.05) is 7.11 Å². The molecule has 2 rings (SSSR count). The van der Waals surface area contributed by atoms with Crippen LogP contribution in [0.2, 0.25) is 0 Å². The number of cyclic esters (lactones) is 1. The van der Waals surface area contributed by atoms with E-state index >= 15 is 0 Å². The molecule has 1 saturated heterocycles. The predicted molar refractivity (Wildman–Crippen MR) is 151 cm³/mol. The fourth-order valence-corrected chi connectivity index (χ4v) is 6.22. The fourth-order valence-electron chi connectivity index (χ4n) is 6.22. The van der Waals surface area contributed by atoms with Gasteiger partial charge in [-0.15, -0.1) is 0 Å². The Bertz CT molecular complexity index is 1000. The van der Waals surface area contributed by atoms with Crippen LogP contribution in [0.4, 0.5) is 0 Å². The number of hydrogen-bond donors (Lipinski definition) is 1. The van der Waals surface area contributed by atoms with E-state index in [4.69, 9.17) is 23.7 Å². The van der Waals surface area contributed by atoms with Gasteiger partial charge in [-0.1, -0.05) is 27.7 Å². The zero-order valence-corrected chi connectivity index (χ0v) is 26.5. The van der Waals surface area contributed by atoms with Crippen LogP contribution in [0.15, 0.2) is 11.6 Å². The highest BCUT2D eigenvalue weighted by atomic mass is 16.7. The van der Waals surface area contributed by atoms with Gasteiger partial charge in [-0.3, -0.25) is 19.2 Å². The summed E-state index contributed by atoms with van der Waals surface area (Å²) in [6, 6.07) is 0. The van der Waals surface area contributed by atoms with Gasteiger partial charge in [-0.2, -0.15) is 0 Å². The van der Waals surface area contributed by atoms with Crippen LogP contribution in [0.1, 0.15) is 88.5 Å². The van der Waals surface area contributed by atoms with Gasteiger partial charge >= 0.3 is 11.9 Å². The van der Waals surface area contributed by atoms with Gasteiger partial charge in [0.1, 0.15) is 17.6 Å². The van der Waals surface area contributed by atoms with E-state index in [9.17, 15) is 24.3 Å². The maximum absolute atomic E-state index is 13.8. The van der Waals surface area contributed by atoms with Crippen LogP contribution in [0.3, 0.4) is 0 Å².